The van der Waals surface area contributed by atoms with Gasteiger partial charge < -0.3 is 10.1 Å². The van der Waals surface area contributed by atoms with Gasteiger partial charge in [0.05, 0.1) is 12.6 Å². The largest absolute Gasteiger partial charge is 0.382 e. The molecule has 0 spiro atoms. The van der Waals surface area contributed by atoms with E-state index in [1.165, 1.54) is 0 Å². The molecule has 138 valence electrons. The molecule has 1 atom stereocenters. The summed E-state index contributed by atoms with van der Waals surface area (Å²) in [6.45, 7) is 8.66. The number of fused-ring (bicyclic) bond motifs is 1. The van der Waals surface area contributed by atoms with Crippen LogP contribution in [0, 0.1) is 20.8 Å². The van der Waals surface area contributed by atoms with Gasteiger partial charge >= 0.3 is 0 Å². The molecule has 0 aliphatic rings. The lowest BCUT2D eigenvalue weighted by Crippen LogP contribution is -2.16. The fraction of sp³-hybridized carbons (Fsp3) is 0.444. The Bertz CT molecular complexity index is 916. The molecule has 2 heterocycles. The third-order valence-electron chi connectivity index (χ3n) is 4.35. The van der Waals surface area contributed by atoms with E-state index >= 15 is 0 Å². The number of methoxy groups -OCH3 is 1. The summed E-state index contributed by atoms with van der Waals surface area (Å²) in [7, 11) is 1.69. The van der Waals surface area contributed by atoms with E-state index in [1.807, 2.05) is 11.6 Å². The number of anilines is 2. The highest BCUT2D eigenvalue weighted by atomic mass is 79.9. The van der Waals surface area contributed by atoms with Gasteiger partial charge in [0.15, 0.2) is 17.0 Å². The Hall–Kier alpha value is -2.06. The summed E-state index contributed by atoms with van der Waals surface area (Å²) in [6.07, 6.45) is 0.878. The molecule has 0 bridgehead atoms. The first kappa shape index (κ1) is 18.7. The smallest absolute Gasteiger partial charge is 0.184 e. The Labute approximate surface area is 161 Å². The highest BCUT2D eigenvalue weighted by Gasteiger charge is 2.19. The van der Waals surface area contributed by atoms with Crippen LogP contribution in [0.15, 0.2) is 16.6 Å². The predicted molar refractivity (Wildman–Crippen MR) is 106 cm³/mol. The summed E-state index contributed by atoms with van der Waals surface area (Å²) >= 11 is 3.53. The lowest BCUT2D eigenvalue weighted by atomic mass is 10.1. The van der Waals surface area contributed by atoms with Gasteiger partial charge in [0.25, 0.3) is 0 Å². The molecule has 0 fully saturated rings. The Morgan fingerprint density at radius 1 is 1.19 bits per heavy atom. The molecule has 0 aliphatic carbocycles. The molecule has 7 nitrogen and oxygen atoms in total. The second kappa shape index (κ2) is 7.67. The van der Waals surface area contributed by atoms with Crippen LogP contribution in [0.3, 0.4) is 0 Å². The zero-order chi connectivity index (χ0) is 18.8. The Kier molecular flexibility index (Phi) is 5.52. The number of hydrogen-bond donors (Lipinski definition) is 1. The minimum absolute atomic E-state index is 0.0864. The van der Waals surface area contributed by atoms with Crippen LogP contribution in [0.25, 0.3) is 11.2 Å². The van der Waals surface area contributed by atoms with Gasteiger partial charge in [-0.1, -0.05) is 28.1 Å². The monoisotopic (exact) mass is 418 g/mol. The molecule has 0 saturated carbocycles. The highest BCUT2D eigenvalue weighted by molar-refractivity contribution is 9.10. The van der Waals surface area contributed by atoms with Gasteiger partial charge in [-0.2, -0.15) is 0 Å². The fourth-order valence-corrected chi connectivity index (χ4v) is 3.74. The zero-order valence-corrected chi connectivity index (χ0v) is 17.3. The quantitative estimate of drug-likeness (QED) is 0.644. The van der Waals surface area contributed by atoms with Crippen molar-refractivity contribution in [3.63, 3.8) is 0 Å². The molecule has 1 N–H and O–H groups in total. The van der Waals surface area contributed by atoms with Gasteiger partial charge in [-0.3, -0.25) is 0 Å². The lowest BCUT2D eigenvalue weighted by molar-refractivity contribution is 0.148. The van der Waals surface area contributed by atoms with Crippen LogP contribution in [0.2, 0.25) is 0 Å². The van der Waals surface area contributed by atoms with E-state index in [2.05, 4.69) is 74.4 Å². The van der Waals surface area contributed by atoms with Crippen molar-refractivity contribution in [1.29, 1.82) is 0 Å². The van der Waals surface area contributed by atoms with Crippen LogP contribution in [0.1, 0.15) is 36.3 Å². The molecule has 0 aliphatic heterocycles. The van der Waals surface area contributed by atoms with Crippen LogP contribution < -0.4 is 5.32 Å². The minimum atomic E-state index is 0.0864. The number of nitrogens with zero attached hydrogens (tertiary/aromatic N) is 5. The van der Waals surface area contributed by atoms with Gasteiger partial charge in [-0.25, -0.2) is 14.6 Å². The summed E-state index contributed by atoms with van der Waals surface area (Å²) < 4.78 is 8.20. The molecule has 3 rings (SSSR count). The number of halogens is 1. The average Bonchev–Trinajstić information content (AvgIpc) is 2.99. The highest BCUT2D eigenvalue weighted by Crippen LogP contribution is 2.30. The summed E-state index contributed by atoms with van der Waals surface area (Å²) in [5.41, 5.74) is 4.65. The van der Waals surface area contributed by atoms with Gasteiger partial charge in [0.2, 0.25) is 0 Å². The number of benzene rings is 1. The maximum Gasteiger partial charge on any atom is 0.184 e. The molecule has 8 heteroatoms. The summed E-state index contributed by atoms with van der Waals surface area (Å²) in [6, 6.07) is 4.23. The van der Waals surface area contributed by atoms with E-state index in [9.17, 15) is 0 Å². The van der Waals surface area contributed by atoms with Crippen molar-refractivity contribution >= 4 is 38.6 Å². The van der Waals surface area contributed by atoms with E-state index in [1.54, 1.807) is 7.11 Å². The second-order valence-corrected chi connectivity index (χ2v) is 7.30. The Morgan fingerprint density at radius 3 is 2.50 bits per heavy atom. The summed E-state index contributed by atoms with van der Waals surface area (Å²) in [5, 5.41) is 12.1. The standard InChI is InChI=1S/C18H23BrN6O/c1-6-14(9-26-5)25-18-16(23-24-25)17(20-12(4)21-18)22-15-10(2)7-13(19)8-11(15)3/h7-8,14H,6,9H2,1-5H3,(H,20,21,22). The Balaban J connectivity index is 2.09. The molecule has 0 radical (unpaired) electrons. The van der Waals surface area contributed by atoms with Gasteiger partial charge in [-0.15, -0.1) is 5.10 Å². The predicted octanol–water partition coefficient (Wildman–Crippen LogP) is 4.25. The van der Waals surface area contributed by atoms with Crippen molar-refractivity contribution < 1.29 is 4.74 Å². The van der Waals surface area contributed by atoms with Crippen LogP contribution >= 0.6 is 15.9 Å². The third-order valence-corrected chi connectivity index (χ3v) is 4.81. The van der Waals surface area contributed by atoms with Gasteiger partial charge in [0, 0.05) is 17.3 Å². The molecular formula is C18H23BrN6O. The number of rotatable bonds is 6. The molecule has 1 unspecified atom stereocenters. The van der Waals surface area contributed by atoms with Crippen LogP contribution in [0.5, 0.6) is 0 Å². The van der Waals surface area contributed by atoms with Crippen LogP contribution in [0.4, 0.5) is 11.5 Å². The maximum atomic E-state index is 5.31. The van der Waals surface area contributed by atoms with Crippen molar-refractivity contribution in [1.82, 2.24) is 25.0 Å². The van der Waals surface area contributed by atoms with Crippen molar-refractivity contribution in [3.05, 3.63) is 33.6 Å². The zero-order valence-electron chi connectivity index (χ0n) is 15.7. The minimum Gasteiger partial charge on any atom is -0.382 e. The first-order valence-corrected chi connectivity index (χ1v) is 9.36. The number of hydrogen-bond acceptors (Lipinski definition) is 6. The van der Waals surface area contributed by atoms with E-state index < -0.39 is 0 Å². The molecule has 0 saturated heterocycles. The molecule has 1 aromatic carbocycles. The lowest BCUT2D eigenvalue weighted by Gasteiger charge is -2.15. The molecule has 0 amide bonds. The van der Waals surface area contributed by atoms with Crippen molar-refractivity contribution in [2.24, 2.45) is 0 Å². The van der Waals surface area contributed by atoms with Crippen molar-refractivity contribution in [3.8, 4) is 0 Å². The molecule has 26 heavy (non-hydrogen) atoms. The van der Waals surface area contributed by atoms with Crippen molar-refractivity contribution in [2.75, 3.05) is 19.0 Å². The van der Waals surface area contributed by atoms with Gasteiger partial charge in [-0.05, 0) is 50.5 Å². The number of ether oxygens (including phenoxy) is 1. The van der Waals surface area contributed by atoms with E-state index in [0.717, 1.165) is 33.4 Å². The molecule has 3 aromatic rings. The van der Waals surface area contributed by atoms with E-state index in [0.29, 0.717) is 23.8 Å². The maximum absolute atomic E-state index is 5.31. The first-order chi connectivity index (χ1) is 12.4. The normalized spacial score (nSPS) is 12.5. The fourth-order valence-electron chi connectivity index (χ4n) is 3.05. The number of aryl methyl sites for hydroxylation is 3. The number of aromatic nitrogens is 5. The topological polar surface area (TPSA) is 77.8 Å². The van der Waals surface area contributed by atoms with Crippen molar-refractivity contribution in [2.45, 2.75) is 40.2 Å². The first-order valence-electron chi connectivity index (χ1n) is 8.56. The van der Waals surface area contributed by atoms with Crippen LogP contribution in [-0.2, 0) is 4.74 Å². The number of nitrogens with one attached hydrogen (secondary N) is 1. The van der Waals surface area contributed by atoms with E-state index in [-0.39, 0.29) is 6.04 Å². The van der Waals surface area contributed by atoms with Crippen LogP contribution in [-0.4, -0.2) is 38.7 Å². The summed E-state index contributed by atoms with van der Waals surface area (Å²) in [5.74, 6) is 1.34. The second-order valence-electron chi connectivity index (χ2n) is 6.38. The van der Waals surface area contributed by atoms with Gasteiger partial charge in [0.1, 0.15) is 5.82 Å². The summed E-state index contributed by atoms with van der Waals surface area (Å²) in [4.78, 5) is 9.14. The average molecular weight is 419 g/mol. The Morgan fingerprint density at radius 2 is 1.88 bits per heavy atom. The van der Waals surface area contributed by atoms with E-state index in [4.69, 9.17) is 4.74 Å². The molecular weight excluding hydrogens is 396 g/mol. The SMILES string of the molecule is CCC(COC)n1nnc2c(Nc3c(C)cc(Br)cc3C)nc(C)nc21. The molecule has 2 aromatic heterocycles. The third kappa shape index (κ3) is 3.57.